The third kappa shape index (κ3) is 3.93. The van der Waals surface area contributed by atoms with E-state index in [1.54, 1.807) is 4.90 Å². The van der Waals surface area contributed by atoms with Crippen molar-refractivity contribution in [1.29, 1.82) is 0 Å². The first kappa shape index (κ1) is 21.1. The minimum Gasteiger partial charge on any atom is -0.448 e. The maximum atomic E-state index is 13.0. The van der Waals surface area contributed by atoms with Gasteiger partial charge in [-0.2, -0.15) is 0 Å². The largest absolute Gasteiger partial charge is 0.448 e. The Morgan fingerprint density at radius 1 is 0.909 bits per heavy atom. The number of carbonyl (C=O) groups excluding carboxylic acids is 2. The van der Waals surface area contributed by atoms with Gasteiger partial charge in [0.15, 0.2) is 0 Å². The van der Waals surface area contributed by atoms with Gasteiger partial charge in [-0.1, -0.05) is 60.7 Å². The summed E-state index contributed by atoms with van der Waals surface area (Å²) in [5.41, 5.74) is 6.25. The molecule has 1 aliphatic carbocycles. The number of fused-ring (bicyclic) bond motifs is 3. The van der Waals surface area contributed by atoms with Crippen molar-refractivity contribution < 1.29 is 14.3 Å². The Bertz CT molecular complexity index is 1150. The van der Waals surface area contributed by atoms with Crippen molar-refractivity contribution in [2.75, 3.05) is 30.8 Å². The summed E-state index contributed by atoms with van der Waals surface area (Å²) in [4.78, 5) is 27.6. The van der Waals surface area contributed by atoms with Gasteiger partial charge in [-0.25, -0.2) is 4.79 Å². The average Bonchev–Trinajstić information content (AvgIpc) is 3.47. The molecular formula is C27H27N3O3. The second-order valence-electron chi connectivity index (χ2n) is 8.44. The van der Waals surface area contributed by atoms with Crippen molar-refractivity contribution in [3.63, 3.8) is 0 Å². The molecule has 1 heterocycles. The van der Waals surface area contributed by atoms with Crippen LogP contribution < -0.4 is 10.6 Å². The summed E-state index contributed by atoms with van der Waals surface area (Å²) in [6.45, 7) is 0.767. The summed E-state index contributed by atoms with van der Waals surface area (Å²) in [5.74, 6) is -0.192. The molecule has 1 aliphatic heterocycles. The van der Waals surface area contributed by atoms with Crippen LogP contribution in [0.2, 0.25) is 0 Å². The van der Waals surface area contributed by atoms with Gasteiger partial charge >= 0.3 is 6.09 Å². The number of benzene rings is 3. The molecule has 33 heavy (non-hydrogen) atoms. The number of hydrogen-bond donors (Lipinski definition) is 2. The fourth-order valence-electron chi connectivity index (χ4n) is 4.96. The Balaban J connectivity index is 1.28. The van der Waals surface area contributed by atoms with Crippen LogP contribution in [0.25, 0.3) is 11.1 Å². The molecule has 0 radical (unpaired) electrons. The van der Waals surface area contributed by atoms with Gasteiger partial charge in [-0.3, -0.25) is 9.69 Å². The van der Waals surface area contributed by atoms with Crippen LogP contribution in [0.1, 0.15) is 29.9 Å². The van der Waals surface area contributed by atoms with E-state index in [-0.39, 0.29) is 18.4 Å². The minimum atomic E-state index is -0.537. The Hall–Kier alpha value is -3.80. The van der Waals surface area contributed by atoms with E-state index >= 15 is 0 Å². The van der Waals surface area contributed by atoms with Crippen molar-refractivity contribution in [3.8, 4) is 11.1 Å². The van der Waals surface area contributed by atoms with Crippen LogP contribution in [0.5, 0.6) is 0 Å². The fourth-order valence-corrected chi connectivity index (χ4v) is 4.96. The van der Waals surface area contributed by atoms with E-state index in [4.69, 9.17) is 4.74 Å². The third-order valence-corrected chi connectivity index (χ3v) is 6.58. The molecule has 1 atom stereocenters. The smallest absolute Gasteiger partial charge is 0.410 e. The summed E-state index contributed by atoms with van der Waals surface area (Å²) in [7, 11) is 1.81. The summed E-state index contributed by atoms with van der Waals surface area (Å²) < 4.78 is 5.79. The number of hydrogen-bond acceptors (Lipinski definition) is 4. The quantitative estimate of drug-likeness (QED) is 0.579. The lowest BCUT2D eigenvalue weighted by molar-refractivity contribution is -0.120. The first-order valence-electron chi connectivity index (χ1n) is 11.4. The van der Waals surface area contributed by atoms with Gasteiger partial charge in [-0.05, 0) is 47.2 Å². The zero-order valence-electron chi connectivity index (χ0n) is 18.6. The third-order valence-electron chi connectivity index (χ3n) is 6.58. The van der Waals surface area contributed by atoms with E-state index in [0.29, 0.717) is 18.7 Å². The van der Waals surface area contributed by atoms with E-state index in [0.717, 1.165) is 12.1 Å². The Morgan fingerprint density at radius 3 is 2.18 bits per heavy atom. The number of anilines is 2. The van der Waals surface area contributed by atoms with Crippen LogP contribution in [0, 0.1) is 0 Å². The van der Waals surface area contributed by atoms with Gasteiger partial charge in [0.2, 0.25) is 5.91 Å². The number of amides is 2. The number of rotatable bonds is 5. The molecule has 3 aromatic carbocycles. The highest BCUT2D eigenvalue weighted by molar-refractivity contribution is 5.99. The highest BCUT2D eigenvalue weighted by Gasteiger charge is 2.36. The molecule has 2 aliphatic rings. The molecule has 6 heteroatoms. The summed E-state index contributed by atoms with van der Waals surface area (Å²) in [6, 6.07) is 23.5. The second kappa shape index (κ2) is 8.98. The molecule has 0 unspecified atom stereocenters. The normalized spacial score (nSPS) is 16.8. The minimum absolute atomic E-state index is 0.00117. The van der Waals surface area contributed by atoms with Crippen molar-refractivity contribution in [3.05, 3.63) is 83.9 Å². The number of nitrogens with one attached hydrogen (secondary N) is 2. The molecule has 1 fully saturated rings. The number of ether oxygens (including phenoxy) is 1. The zero-order chi connectivity index (χ0) is 22.8. The van der Waals surface area contributed by atoms with Crippen molar-refractivity contribution >= 4 is 23.4 Å². The van der Waals surface area contributed by atoms with Crippen LogP contribution >= 0.6 is 0 Å². The van der Waals surface area contributed by atoms with Gasteiger partial charge in [-0.15, -0.1) is 0 Å². The molecule has 0 saturated carbocycles. The van der Waals surface area contributed by atoms with Crippen LogP contribution in [0.3, 0.4) is 0 Å². The van der Waals surface area contributed by atoms with Crippen LogP contribution in [0.15, 0.2) is 72.8 Å². The predicted molar refractivity (Wildman–Crippen MR) is 129 cm³/mol. The van der Waals surface area contributed by atoms with Crippen LogP contribution in [0.4, 0.5) is 16.2 Å². The molecule has 168 valence electrons. The lowest BCUT2D eigenvalue weighted by Gasteiger charge is -2.25. The van der Waals surface area contributed by atoms with E-state index < -0.39 is 12.1 Å². The lowest BCUT2D eigenvalue weighted by Crippen LogP contribution is -2.43. The Labute approximate surface area is 193 Å². The van der Waals surface area contributed by atoms with Crippen LogP contribution in [-0.4, -0.2) is 43.1 Å². The van der Waals surface area contributed by atoms with E-state index in [2.05, 4.69) is 34.9 Å². The Morgan fingerprint density at radius 2 is 1.52 bits per heavy atom. The molecule has 0 spiro atoms. The molecular weight excluding hydrogens is 414 g/mol. The van der Waals surface area contributed by atoms with E-state index in [1.165, 1.54) is 22.3 Å². The average molecular weight is 442 g/mol. The lowest BCUT2D eigenvalue weighted by atomic mass is 9.98. The molecule has 1 saturated heterocycles. The van der Waals surface area contributed by atoms with Crippen LogP contribution in [-0.2, 0) is 9.53 Å². The van der Waals surface area contributed by atoms with E-state index in [1.807, 2.05) is 55.6 Å². The molecule has 6 nitrogen and oxygen atoms in total. The van der Waals surface area contributed by atoms with Crippen molar-refractivity contribution in [1.82, 2.24) is 4.90 Å². The van der Waals surface area contributed by atoms with Crippen molar-refractivity contribution in [2.45, 2.75) is 24.8 Å². The van der Waals surface area contributed by atoms with Gasteiger partial charge < -0.3 is 15.4 Å². The highest BCUT2D eigenvalue weighted by atomic mass is 16.6. The molecule has 2 amide bonds. The SMILES string of the molecule is CNc1ccccc1NC(=O)[C@H]1CCCN1C(=O)OCC1c2ccccc2-c2ccccc21. The van der Waals surface area contributed by atoms with Crippen molar-refractivity contribution in [2.24, 2.45) is 0 Å². The van der Waals surface area contributed by atoms with Gasteiger partial charge in [0, 0.05) is 19.5 Å². The molecule has 0 aromatic heterocycles. The molecule has 5 rings (SSSR count). The fraction of sp³-hybridized carbons (Fsp3) is 0.259. The molecule has 0 bridgehead atoms. The maximum Gasteiger partial charge on any atom is 0.410 e. The second-order valence-corrected chi connectivity index (χ2v) is 8.44. The first-order valence-corrected chi connectivity index (χ1v) is 11.4. The predicted octanol–water partition coefficient (Wildman–Crippen LogP) is 5.08. The summed E-state index contributed by atoms with van der Waals surface area (Å²) >= 11 is 0. The van der Waals surface area contributed by atoms with E-state index in [9.17, 15) is 9.59 Å². The molecule has 2 N–H and O–H groups in total. The topological polar surface area (TPSA) is 70.7 Å². The maximum absolute atomic E-state index is 13.0. The Kier molecular flexibility index (Phi) is 5.73. The number of para-hydroxylation sites is 2. The standard InChI is InChI=1S/C27H27N3O3/c1-28-23-13-6-7-14-24(23)29-26(31)25-15-8-16-30(25)27(32)33-17-22-20-11-4-2-9-18(20)19-10-3-5-12-21(19)22/h2-7,9-14,22,25,28H,8,15-17H2,1H3,(H,29,31)/t25-/m1/s1. The van der Waals surface area contributed by atoms with Gasteiger partial charge in [0.25, 0.3) is 0 Å². The summed E-state index contributed by atoms with van der Waals surface area (Å²) in [5, 5.41) is 6.03. The summed E-state index contributed by atoms with van der Waals surface area (Å²) in [6.07, 6.45) is 0.963. The van der Waals surface area contributed by atoms with Gasteiger partial charge in [0.1, 0.15) is 12.6 Å². The zero-order valence-corrected chi connectivity index (χ0v) is 18.6. The number of nitrogens with zero attached hydrogens (tertiary/aromatic N) is 1. The first-order chi connectivity index (χ1) is 16.2. The monoisotopic (exact) mass is 441 g/mol. The van der Waals surface area contributed by atoms with Gasteiger partial charge in [0.05, 0.1) is 11.4 Å². The highest BCUT2D eigenvalue weighted by Crippen LogP contribution is 2.44. The number of carbonyl (C=O) groups is 2. The number of likely N-dealkylation sites (tertiary alicyclic amines) is 1. The molecule has 3 aromatic rings.